The Kier molecular flexibility index (Phi) is 2.63. The Morgan fingerprint density at radius 1 is 1.41 bits per heavy atom. The molecule has 1 N–H and O–H groups in total. The van der Waals surface area contributed by atoms with E-state index in [4.69, 9.17) is 4.74 Å². The summed E-state index contributed by atoms with van der Waals surface area (Å²) in [6, 6.07) is 10.4. The first-order valence-corrected chi connectivity index (χ1v) is 6.23. The topological polar surface area (TPSA) is 38.3 Å². The minimum absolute atomic E-state index is 0.0196. The molecule has 3 rings (SSSR count). The van der Waals surface area contributed by atoms with Gasteiger partial charge in [-0.05, 0) is 24.8 Å². The smallest absolute Gasteiger partial charge is 0.313 e. The van der Waals surface area contributed by atoms with Crippen LogP contribution < -0.4 is 5.32 Å². The third-order valence-electron chi connectivity index (χ3n) is 3.98. The molecule has 1 saturated heterocycles. The number of hydrogen-bond acceptors (Lipinski definition) is 3. The molecule has 0 spiro atoms. The van der Waals surface area contributed by atoms with Crippen LogP contribution in [0.2, 0.25) is 0 Å². The Bertz CT molecular complexity index is 407. The summed E-state index contributed by atoms with van der Waals surface area (Å²) in [4.78, 5) is 12.1. The molecule has 1 aliphatic carbocycles. The summed E-state index contributed by atoms with van der Waals surface area (Å²) in [7, 11) is 0. The fraction of sp³-hybridized carbons (Fsp3) is 0.500. The molecule has 2 unspecified atom stereocenters. The minimum atomic E-state index is -0.223. The normalized spacial score (nSPS) is 30.5. The van der Waals surface area contributed by atoms with Crippen molar-refractivity contribution in [3.8, 4) is 0 Å². The highest BCUT2D eigenvalue weighted by molar-refractivity contribution is 5.78. The first-order valence-electron chi connectivity index (χ1n) is 6.23. The van der Waals surface area contributed by atoms with Crippen LogP contribution in [0.1, 0.15) is 24.8 Å². The highest BCUT2D eigenvalue weighted by atomic mass is 16.5. The zero-order valence-electron chi connectivity index (χ0n) is 9.82. The predicted octanol–water partition coefficient (Wildman–Crippen LogP) is 1.87. The van der Waals surface area contributed by atoms with Crippen LogP contribution in [0.15, 0.2) is 30.3 Å². The summed E-state index contributed by atoms with van der Waals surface area (Å²) in [6.07, 6.45) is 3.05. The number of carbonyl (C=O) groups excluding carboxylic acids is 1. The van der Waals surface area contributed by atoms with Gasteiger partial charge in [0, 0.05) is 12.6 Å². The third-order valence-corrected chi connectivity index (χ3v) is 3.98. The van der Waals surface area contributed by atoms with Gasteiger partial charge in [-0.15, -0.1) is 0 Å². The van der Waals surface area contributed by atoms with Crippen LogP contribution in [0.4, 0.5) is 0 Å². The third kappa shape index (κ3) is 1.95. The van der Waals surface area contributed by atoms with Gasteiger partial charge in [-0.1, -0.05) is 30.3 Å². The maximum Gasteiger partial charge on any atom is 0.313 e. The zero-order chi connectivity index (χ0) is 11.7. The van der Waals surface area contributed by atoms with E-state index in [0.717, 1.165) is 31.4 Å². The lowest BCUT2D eigenvalue weighted by Gasteiger charge is -2.23. The Morgan fingerprint density at radius 3 is 2.82 bits per heavy atom. The molecule has 1 aliphatic heterocycles. The van der Waals surface area contributed by atoms with Crippen LogP contribution in [-0.2, 0) is 16.1 Å². The molecular weight excluding hydrogens is 214 g/mol. The summed E-state index contributed by atoms with van der Waals surface area (Å²) in [5.41, 5.74) is 0.831. The van der Waals surface area contributed by atoms with Crippen LogP contribution in [0.3, 0.4) is 0 Å². The summed E-state index contributed by atoms with van der Waals surface area (Å²) in [6.45, 7) is 1.19. The average molecular weight is 231 g/mol. The molecule has 3 nitrogen and oxygen atoms in total. The fourth-order valence-corrected chi connectivity index (χ4v) is 2.93. The molecule has 0 amide bonds. The number of nitrogens with one attached hydrogen (secondary N) is 1. The van der Waals surface area contributed by atoms with Gasteiger partial charge in [-0.2, -0.15) is 0 Å². The standard InChI is InChI=1S/C14H17NO2/c16-13(14-7-6-12(8-14)15-10-14)17-9-11-4-2-1-3-5-11/h1-5,12,15H,6-10H2. The molecule has 2 atom stereocenters. The number of rotatable bonds is 3. The van der Waals surface area contributed by atoms with Crippen molar-refractivity contribution in [3.63, 3.8) is 0 Å². The number of hydrogen-bond donors (Lipinski definition) is 1. The second-order valence-electron chi connectivity index (χ2n) is 5.16. The summed E-state index contributed by atoms with van der Waals surface area (Å²) in [5, 5.41) is 3.38. The molecule has 90 valence electrons. The quantitative estimate of drug-likeness (QED) is 0.807. The van der Waals surface area contributed by atoms with E-state index in [0.29, 0.717) is 12.6 Å². The van der Waals surface area contributed by atoms with Crippen LogP contribution in [0.5, 0.6) is 0 Å². The van der Waals surface area contributed by atoms with E-state index in [1.54, 1.807) is 0 Å². The van der Waals surface area contributed by atoms with E-state index < -0.39 is 0 Å². The predicted molar refractivity (Wildman–Crippen MR) is 64.3 cm³/mol. The van der Waals surface area contributed by atoms with Crippen LogP contribution in [-0.4, -0.2) is 18.6 Å². The number of piperidine rings is 1. The molecule has 17 heavy (non-hydrogen) atoms. The van der Waals surface area contributed by atoms with Gasteiger partial charge in [0.2, 0.25) is 0 Å². The first-order chi connectivity index (χ1) is 8.28. The van der Waals surface area contributed by atoms with Crippen molar-refractivity contribution >= 4 is 5.97 Å². The fourth-order valence-electron chi connectivity index (χ4n) is 2.93. The highest BCUT2D eigenvalue weighted by Crippen LogP contribution is 2.43. The minimum Gasteiger partial charge on any atom is -0.460 e. The van der Waals surface area contributed by atoms with Gasteiger partial charge in [-0.3, -0.25) is 4.79 Å². The molecule has 0 aromatic heterocycles. The van der Waals surface area contributed by atoms with Crippen LogP contribution in [0.25, 0.3) is 0 Å². The number of fused-ring (bicyclic) bond motifs is 2. The van der Waals surface area contributed by atoms with Crippen molar-refractivity contribution in [2.24, 2.45) is 5.41 Å². The largest absolute Gasteiger partial charge is 0.460 e. The molecule has 3 heteroatoms. The van der Waals surface area contributed by atoms with E-state index in [-0.39, 0.29) is 11.4 Å². The Labute approximate surface area is 101 Å². The number of carbonyl (C=O) groups is 1. The van der Waals surface area contributed by atoms with Crippen molar-refractivity contribution in [2.45, 2.75) is 31.9 Å². The van der Waals surface area contributed by atoms with Gasteiger partial charge in [0.05, 0.1) is 5.41 Å². The van der Waals surface area contributed by atoms with E-state index in [9.17, 15) is 4.79 Å². The van der Waals surface area contributed by atoms with Crippen molar-refractivity contribution in [3.05, 3.63) is 35.9 Å². The van der Waals surface area contributed by atoms with Gasteiger partial charge in [0.15, 0.2) is 0 Å². The van der Waals surface area contributed by atoms with Gasteiger partial charge in [0.1, 0.15) is 6.61 Å². The Morgan fingerprint density at radius 2 is 2.24 bits per heavy atom. The Balaban J connectivity index is 1.61. The molecule has 2 bridgehead atoms. The summed E-state index contributed by atoms with van der Waals surface area (Å²) >= 11 is 0. The first kappa shape index (κ1) is 10.8. The van der Waals surface area contributed by atoms with Gasteiger partial charge < -0.3 is 10.1 Å². The summed E-state index contributed by atoms with van der Waals surface area (Å²) in [5.74, 6) is -0.0196. The van der Waals surface area contributed by atoms with E-state index in [2.05, 4.69) is 5.32 Å². The maximum absolute atomic E-state index is 12.1. The van der Waals surface area contributed by atoms with Crippen molar-refractivity contribution in [1.29, 1.82) is 0 Å². The van der Waals surface area contributed by atoms with Crippen molar-refractivity contribution in [2.75, 3.05) is 6.54 Å². The number of esters is 1. The lowest BCUT2D eigenvalue weighted by atomic mass is 9.88. The lowest BCUT2D eigenvalue weighted by Crippen LogP contribution is -2.36. The average Bonchev–Trinajstić information content (AvgIpc) is 2.99. The van der Waals surface area contributed by atoms with Gasteiger partial charge in [-0.25, -0.2) is 0 Å². The second-order valence-corrected chi connectivity index (χ2v) is 5.16. The van der Waals surface area contributed by atoms with Gasteiger partial charge >= 0.3 is 5.97 Å². The van der Waals surface area contributed by atoms with Crippen molar-refractivity contribution in [1.82, 2.24) is 5.32 Å². The number of ether oxygens (including phenoxy) is 1. The van der Waals surface area contributed by atoms with E-state index >= 15 is 0 Å². The van der Waals surface area contributed by atoms with Gasteiger partial charge in [0.25, 0.3) is 0 Å². The molecule has 1 aromatic rings. The maximum atomic E-state index is 12.1. The molecule has 2 fully saturated rings. The molecule has 1 saturated carbocycles. The molecular formula is C14H17NO2. The van der Waals surface area contributed by atoms with Crippen molar-refractivity contribution < 1.29 is 9.53 Å². The molecule has 2 aliphatic rings. The van der Waals surface area contributed by atoms with Crippen LogP contribution >= 0.6 is 0 Å². The lowest BCUT2D eigenvalue weighted by molar-refractivity contribution is -0.156. The summed E-state index contributed by atoms with van der Waals surface area (Å²) < 4.78 is 5.45. The van der Waals surface area contributed by atoms with E-state index in [1.165, 1.54) is 0 Å². The molecule has 1 heterocycles. The SMILES string of the molecule is O=C(OCc1ccccc1)C12CCC(C1)NC2. The van der Waals surface area contributed by atoms with Crippen LogP contribution in [0, 0.1) is 5.41 Å². The highest BCUT2D eigenvalue weighted by Gasteiger charge is 2.51. The zero-order valence-corrected chi connectivity index (χ0v) is 9.82. The molecule has 0 radical (unpaired) electrons. The van der Waals surface area contributed by atoms with E-state index in [1.807, 2.05) is 30.3 Å². The second kappa shape index (κ2) is 4.15. The monoisotopic (exact) mass is 231 g/mol. The number of benzene rings is 1. The molecule has 1 aromatic carbocycles. The Hall–Kier alpha value is -1.35.